The maximum Gasteiger partial charge on any atom is 0.329 e. The fourth-order valence-electron chi connectivity index (χ4n) is 5.58. The van der Waals surface area contributed by atoms with Crippen molar-refractivity contribution >= 4 is 35.3 Å². The van der Waals surface area contributed by atoms with E-state index in [2.05, 4.69) is 22.3 Å². The van der Waals surface area contributed by atoms with Crippen LogP contribution in [0.4, 0.5) is 0 Å². The van der Waals surface area contributed by atoms with Crippen LogP contribution in [-0.4, -0.2) is 63.2 Å². The van der Waals surface area contributed by atoms with E-state index >= 15 is 0 Å². The Morgan fingerprint density at radius 2 is 1.78 bits per heavy atom. The van der Waals surface area contributed by atoms with E-state index in [1.807, 2.05) is 6.07 Å². The number of piperidine rings is 2. The number of unbranched alkanes of at least 4 members (excludes halogenated alkanes) is 3. The van der Waals surface area contributed by atoms with Crippen molar-refractivity contribution in [3.05, 3.63) is 34.2 Å². The number of imidazole rings is 1. The van der Waals surface area contributed by atoms with E-state index in [9.17, 15) is 19.5 Å². The second kappa shape index (κ2) is 12.9. The number of nitrogens with zero attached hydrogens (tertiary/aromatic N) is 3. The number of imide groups is 1. The van der Waals surface area contributed by atoms with Crippen molar-refractivity contribution in [3.63, 3.8) is 0 Å². The third-order valence-corrected chi connectivity index (χ3v) is 7.65. The number of halogens is 1. The van der Waals surface area contributed by atoms with E-state index < -0.39 is 11.9 Å². The van der Waals surface area contributed by atoms with Gasteiger partial charge in [-0.1, -0.05) is 25.3 Å². The number of rotatable bonds is 10. The number of carbonyl (C=O) groups excluding carboxylic acids is 2. The highest BCUT2D eigenvalue weighted by Crippen LogP contribution is 2.31. The molecular weight excluding hydrogens is 482 g/mol. The van der Waals surface area contributed by atoms with E-state index in [0.29, 0.717) is 12.3 Å². The zero-order chi connectivity index (χ0) is 24.9. The molecule has 2 unspecified atom stereocenters. The predicted octanol–water partition coefficient (Wildman–Crippen LogP) is 2.19. The maximum atomic E-state index is 13.0. The number of likely N-dealkylation sites (tertiary alicyclic amines) is 1. The number of hydrogen-bond acceptors (Lipinski definition) is 6. The van der Waals surface area contributed by atoms with Crippen molar-refractivity contribution < 1.29 is 14.7 Å². The van der Waals surface area contributed by atoms with E-state index in [4.69, 9.17) is 5.73 Å². The number of fused-ring (bicyclic) bond motifs is 1. The Labute approximate surface area is 218 Å². The Bertz CT molecular complexity index is 1110. The first-order valence-corrected chi connectivity index (χ1v) is 13.0. The van der Waals surface area contributed by atoms with Gasteiger partial charge in [0.1, 0.15) is 6.04 Å². The fraction of sp³-hybridized carbons (Fsp3) is 0.654. The summed E-state index contributed by atoms with van der Waals surface area (Å²) in [7, 11) is 1.73. The number of amides is 2. The molecule has 2 fully saturated rings. The normalized spacial score (nSPS) is 20.4. The molecule has 10 heteroatoms. The molecule has 2 aromatic rings. The SMILES string of the molecule is Cl.Cn1c(=O)n(C2CCC(=O)NC2=O)c2ccc(C3CCN(CC(O)CCCCCCN)CC3)cc21. The van der Waals surface area contributed by atoms with Crippen LogP contribution in [0, 0.1) is 0 Å². The molecule has 1 aromatic heterocycles. The molecule has 2 aliphatic rings. The summed E-state index contributed by atoms with van der Waals surface area (Å²) in [5.74, 6) is -0.300. The molecule has 4 rings (SSSR count). The topological polar surface area (TPSA) is 123 Å². The third kappa shape index (κ3) is 6.37. The van der Waals surface area contributed by atoms with Gasteiger partial charge < -0.3 is 15.7 Å². The molecule has 4 N–H and O–H groups in total. The third-order valence-electron chi connectivity index (χ3n) is 7.65. The van der Waals surface area contributed by atoms with Gasteiger partial charge in [0, 0.05) is 20.0 Å². The highest BCUT2D eigenvalue weighted by Gasteiger charge is 2.31. The van der Waals surface area contributed by atoms with Gasteiger partial charge in [0.2, 0.25) is 11.8 Å². The lowest BCUT2D eigenvalue weighted by molar-refractivity contribution is -0.135. The number of aliphatic hydroxyl groups excluding tert-OH is 1. The molecule has 0 saturated carbocycles. The highest BCUT2D eigenvalue weighted by atomic mass is 35.5. The van der Waals surface area contributed by atoms with Crippen LogP contribution in [0.2, 0.25) is 0 Å². The van der Waals surface area contributed by atoms with Gasteiger partial charge in [0.25, 0.3) is 0 Å². The molecule has 0 aliphatic carbocycles. The Kier molecular flexibility index (Phi) is 10.1. The molecule has 2 saturated heterocycles. The summed E-state index contributed by atoms with van der Waals surface area (Å²) in [5, 5.41) is 12.8. The lowest BCUT2D eigenvalue weighted by atomic mass is 9.89. The van der Waals surface area contributed by atoms with E-state index in [0.717, 1.165) is 82.2 Å². The van der Waals surface area contributed by atoms with Crippen LogP contribution in [-0.2, 0) is 16.6 Å². The Balaban J connectivity index is 0.00000361. The lowest BCUT2D eigenvalue weighted by Crippen LogP contribution is -2.44. The minimum atomic E-state index is -0.662. The van der Waals surface area contributed by atoms with Crippen LogP contribution in [0.3, 0.4) is 0 Å². The minimum Gasteiger partial charge on any atom is -0.392 e. The number of β-amino-alcohol motifs (C(OH)–C–C–N with tert-alkyl or cyclic N) is 1. The van der Waals surface area contributed by atoms with Gasteiger partial charge in [0.15, 0.2) is 0 Å². The molecule has 0 spiro atoms. The van der Waals surface area contributed by atoms with Crippen molar-refractivity contribution in [2.24, 2.45) is 12.8 Å². The smallest absolute Gasteiger partial charge is 0.329 e. The number of aliphatic hydroxyl groups is 1. The quantitative estimate of drug-likeness (QED) is 0.325. The van der Waals surface area contributed by atoms with Gasteiger partial charge in [-0.3, -0.25) is 24.0 Å². The van der Waals surface area contributed by atoms with Gasteiger partial charge in [-0.25, -0.2) is 4.79 Å². The molecule has 1 aromatic carbocycles. The summed E-state index contributed by atoms with van der Waals surface area (Å²) in [5.41, 5.74) is 8.03. The van der Waals surface area contributed by atoms with Crippen molar-refractivity contribution in [2.75, 3.05) is 26.2 Å². The largest absolute Gasteiger partial charge is 0.392 e. The predicted molar refractivity (Wildman–Crippen MR) is 142 cm³/mol. The summed E-state index contributed by atoms with van der Waals surface area (Å²) in [6.45, 7) is 3.37. The van der Waals surface area contributed by atoms with Gasteiger partial charge in [0.05, 0.1) is 17.1 Å². The number of hydrogen-bond donors (Lipinski definition) is 3. The number of nitrogens with one attached hydrogen (secondary N) is 1. The molecule has 200 valence electrons. The van der Waals surface area contributed by atoms with Gasteiger partial charge in [-0.05, 0) is 75.4 Å². The molecule has 2 atom stereocenters. The molecule has 0 bridgehead atoms. The summed E-state index contributed by atoms with van der Waals surface area (Å²) < 4.78 is 3.13. The standard InChI is InChI=1S/C26H39N5O4.ClH/c1-29-23-16-19(7-8-21(23)31(26(29)35)22-9-10-24(33)28-25(22)34)18-11-14-30(15-12-18)17-20(32)6-4-2-3-5-13-27;/h7-8,16,18,20,22,32H,2-6,9-15,17,27H2,1H3,(H,28,33,34);1H. The van der Waals surface area contributed by atoms with E-state index in [1.54, 1.807) is 11.6 Å². The van der Waals surface area contributed by atoms with E-state index in [1.165, 1.54) is 10.1 Å². The first-order valence-electron chi connectivity index (χ1n) is 13.0. The molecule has 2 amide bonds. The molecular formula is C26H40ClN5O4. The van der Waals surface area contributed by atoms with Gasteiger partial charge in [-0.2, -0.15) is 0 Å². The van der Waals surface area contributed by atoms with Crippen LogP contribution < -0.4 is 16.7 Å². The Hall–Kier alpha value is -2.20. The lowest BCUT2D eigenvalue weighted by Gasteiger charge is -2.33. The highest BCUT2D eigenvalue weighted by molar-refractivity contribution is 6.00. The summed E-state index contributed by atoms with van der Waals surface area (Å²) in [4.78, 5) is 39.3. The van der Waals surface area contributed by atoms with Crippen molar-refractivity contribution in [1.82, 2.24) is 19.4 Å². The molecule has 0 radical (unpaired) electrons. The number of benzene rings is 1. The first kappa shape index (κ1) is 28.4. The zero-order valence-electron chi connectivity index (χ0n) is 21.2. The van der Waals surface area contributed by atoms with Crippen LogP contribution >= 0.6 is 12.4 Å². The maximum absolute atomic E-state index is 13.0. The molecule has 3 heterocycles. The van der Waals surface area contributed by atoms with Crippen LogP contribution in [0.15, 0.2) is 23.0 Å². The molecule has 36 heavy (non-hydrogen) atoms. The van der Waals surface area contributed by atoms with Crippen LogP contribution in [0.5, 0.6) is 0 Å². The Morgan fingerprint density at radius 3 is 2.47 bits per heavy atom. The minimum absolute atomic E-state index is 0. The van der Waals surface area contributed by atoms with Crippen molar-refractivity contribution in [2.45, 2.75) is 75.9 Å². The average molecular weight is 522 g/mol. The van der Waals surface area contributed by atoms with Gasteiger partial charge in [-0.15, -0.1) is 12.4 Å². The summed E-state index contributed by atoms with van der Waals surface area (Å²) in [6.07, 6.45) is 7.55. The number of carbonyl (C=O) groups is 2. The summed E-state index contributed by atoms with van der Waals surface area (Å²) in [6, 6.07) is 5.43. The number of nitrogens with two attached hydrogens (primary N) is 1. The van der Waals surface area contributed by atoms with Crippen LogP contribution in [0.1, 0.15) is 75.3 Å². The average Bonchev–Trinajstić information content (AvgIpc) is 3.09. The second-order valence-corrected chi connectivity index (χ2v) is 10.1. The van der Waals surface area contributed by atoms with Crippen molar-refractivity contribution in [1.29, 1.82) is 0 Å². The zero-order valence-corrected chi connectivity index (χ0v) is 22.0. The fourth-order valence-corrected chi connectivity index (χ4v) is 5.58. The number of aromatic nitrogens is 2. The monoisotopic (exact) mass is 521 g/mol. The van der Waals surface area contributed by atoms with E-state index in [-0.39, 0.29) is 36.5 Å². The first-order chi connectivity index (χ1) is 16.9. The Morgan fingerprint density at radius 1 is 1.06 bits per heavy atom. The second-order valence-electron chi connectivity index (χ2n) is 10.1. The summed E-state index contributed by atoms with van der Waals surface area (Å²) >= 11 is 0. The van der Waals surface area contributed by atoms with Crippen molar-refractivity contribution in [3.8, 4) is 0 Å². The van der Waals surface area contributed by atoms with Gasteiger partial charge >= 0.3 is 5.69 Å². The number of aryl methyl sites for hydroxylation is 1. The van der Waals surface area contributed by atoms with Crippen LogP contribution in [0.25, 0.3) is 11.0 Å². The molecule has 2 aliphatic heterocycles. The molecule has 9 nitrogen and oxygen atoms in total.